The number of rotatable bonds is 2. The van der Waals surface area contributed by atoms with Crippen LogP contribution in [-0.2, 0) is 0 Å². The van der Waals surface area contributed by atoms with Crippen LogP contribution in [-0.4, -0.2) is 14.5 Å². The molecule has 0 spiro atoms. The predicted octanol–water partition coefficient (Wildman–Crippen LogP) is 4.28. The van der Waals surface area contributed by atoms with Gasteiger partial charge in [0.2, 0.25) is 0 Å². The number of benzene rings is 1. The van der Waals surface area contributed by atoms with Gasteiger partial charge in [-0.05, 0) is 46.7 Å². The zero-order chi connectivity index (χ0) is 15.1. The summed E-state index contributed by atoms with van der Waals surface area (Å²) in [6.07, 6.45) is 7.17. The van der Waals surface area contributed by atoms with Gasteiger partial charge in [-0.15, -0.1) is 0 Å². The van der Waals surface area contributed by atoms with Gasteiger partial charge in [0.05, 0.1) is 5.39 Å². The fraction of sp³-hybridized carbons (Fsp3) is 0.294. The Balaban J connectivity index is 1.68. The van der Waals surface area contributed by atoms with Gasteiger partial charge in [0.15, 0.2) is 0 Å². The Labute approximate surface area is 137 Å². The van der Waals surface area contributed by atoms with Crippen LogP contribution in [0, 0.1) is 0 Å². The topological polar surface area (TPSA) is 56.7 Å². The number of aromatic nitrogens is 3. The quantitative estimate of drug-likeness (QED) is 0.745. The molecule has 2 N–H and O–H groups in total. The summed E-state index contributed by atoms with van der Waals surface area (Å²) in [5.41, 5.74) is 8.36. The van der Waals surface area contributed by atoms with E-state index in [1.807, 2.05) is 0 Å². The molecule has 2 aromatic heterocycles. The van der Waals surface area contributed by atoms with Gasteiger partial charge in [-0.3, -0.25) is 0 Å². The largest absolute Gasteiger partial charge is 0.383 e. The van der Waals surface area contributed by atoms with Gasteiger partial charge in [-0.2, -0.15) is 0 Å². The van der Waals surface area contributed by atoms with Crippen molar-refractivity contribution < 1.29 is 0 Å². The molecule has 0 aliphatic heterocycles. The van der Waals surface area contributed by atoms with Crippen LogP contribution >= 0.6 is 15.9 Å². The Hall–Kier alpha value is -1.88. The van der Waals surface area contributed by atoms with Crippen LogP contribution in [0.2, 0.25) is 0 Å². The molecule has 2 atom stereocenters. The number of halogens is 1. The molecule has 0 radical (unpaired) electrons. The average molecular weight is 357 g/mol. The molecule has 1 aromatic carbocycles. The molecule has 1 aliphatic carbocycles. The summed E-state index contributed by atoms with van der Waals surface area (Å²) >= 11 is 3.59. The predicted molar refractivity (Wildman–Crippen MR) is 91.7 cm³/mol. The first-order valence-electron chi connectivity index (χ1n) is 7.55. The summed E-state index contributed by atoms with van der Waals surface area (Å²) < 4.78 is 3.24. The van der Waals surface area contributed by atoms with Gasteiger partial charge in [-0.1, -0.05) is 30.3 Å². The van der Waals surface area contributed by atoms with Crippen LogP contribution in [0.1, 0.15) is 36.8 Å². The molecular weight excluding hydrogens is 340 g/mol. The van der Waals surface area contributed by atoms with Gasteiger partial charge < -0.3 is 10.3 Å². The van der Waals surface area contributed by atoms with Crippen molar-refractivity contribution in [1.29, 1.82) is 0 Å². The van der Waals surface area contributed by atoms with E-state index in [4.69, 9.17) is 5.73 Å². The van der Waals surface area contributed by atoms with Gasteiger partial charge in [0.25, 0.3) is 0 Å². The second-order valence-electron chi connectivity index (χ2n) is 5.92. The van der Waals surface area contributed by atoms with Gasteiger partial charge in [-0.25, -0.2) is 9.97 Å². The van der Waals surface area contributed by atoms with Gasteiger partial charge >= 0.3 is 0 Å². The minimum absolute atomic E-state index is 0.466. The van der Waals surface area contributed by atoms with E-state index in [9.17, 15) is 0 Å². The Kier molecular flexibility index (Phi) is 3.37. The number of nitrogens with two attached hydrogens (primary N) is 1. The number of hydrogen-bond acceptors (Lipinski definition) is 3. The van der Waals surface area contributed by atoms with E-state index < -0.39 is 0 Å². The summed E-state index contributed by atoms with van der Waals surface area (Å²) in [4.78, 5) is 8.54. The lowest BCUT2D eigenvalue weighted by molar-refractivity contribution is 0.523. The molecule has 0 amide bonds. The number of anilines is 1. The molecule has 1 fully saturated rings. The van der Waals surface area contributed by atoms with Crippen LogP contribution in [0.25, 0.3) is 11.0 Å². The molecule has 22 heavy (non-hydrogen) atoms. The van der Waals surface area contributed by atoms with Gasteiger partial charge in [0.1, 0.15) is 17.8 Å². The third kappa shape index (κ3) is 2.20. The van der Waals surface area contributed by atoms with Crippen molar-refractivity contribution in [3.63, 3.8) is 0 Å². The fourth-order valence-electron chi connectivity index (χ4n) is 3.58. The van der Waals surface area contributed by atoms with Crippen LogP contribution in [0.4, 0.5) is 5.82 Å². The number of nitrogen functional groups attached to an aromatic ring is 1. The Morgan fingerprint density at radius 1 is 1.14 bits per heavy atom. The Morgan fingerprint density at radius 3 is 2.77 bits per heavy atom. The number of fused-ring (bicyclic) bond motifs is 1. The summed E-state index contributed by atoms with van der Waals surface area (Å²) in [6.45, 7) is 0. The summed E-state index contributed by atoms with van der Waals surface area (Å²) in [7, 11) is 0. The zero-order valence-corrected chi connectivity index (χ0v) is 13.7. The van der Waals surface area contributed by atoms with Crippen LogP contribution in [0.3, 0.4) is 0 Å². The molecule has 2 unspecified atom stereocenters. The molecule has 0 bridgehead atoms. The molecule has 112 valence electrons. The van der Waals surface area contributed by atoms with Crippen molar-refractivity contribution in [3.8, 4) is 0 Å². The lowest BCUT2D eigenvalue weighted by atomic mass is 9.98. The average Bonchev–Trinajstić information content (AvgIpc) is 3.14. The van der Waals surface area contributed by atoms with Crippen molar-refractivity contribution in [2.45, 2.75) is 31.2 Å². The van der Waals surface area contributed by atoms with Crippen LogP contribution in [0.5, 0.6) is 0 Å². The monoisotopic (exact) mass is 356 g/mol. The van der Waals surface area contributed by atoms with Crippen molar-refractivity contribution in [3.05, 3.63) is 52.9 Å². The van der Waals surface area contributed by atoms with E-state index in [0.717, 1.165) is 21.9 Å². The molecule has 4 rings (SSSR count). The summed E-state index contributed by atoms with van der Waals surface area (Å²) in [6, 6.07) is 11.3. The first kappa shape index (κ1) is 13.8. The smallest absolute Gasteiger partial charge is 0.146 e. The molecule has 2 heterocycles. The highest BCUT2D eigenvalue weighted by Gasteiger charge is 2.28. The lowest BCUT2D eigenvalue weighted by Crippen LogP contribution is -2.05. The molecular formula is C17H17BrN4. The van der Waals surface area contributed by atoms with Crippen molar-refractivity contribution in [1.82, 2.24) is 14.5 Å². The maximum atomic E-state index is 5.99. The van der Waals surface area contributed by atoms with Crippen LogP contribution in [0.15, 0.2) is 47.3 Å². The van der Waals surface area contributed by atoms with Gasteiger partial charge in [0, 0.05) is 16.7 Å². The highest BCUT2D eigenvalue weighted by Crippen LogP contribution is 2.43. The van der Waals surface area contributed by atoms with E-state index in [-0.39, 0.29) is 0 Å². The van der Waals surface area contributed by atoms with Crippen molar-refractivity contribution in [2.24, 2.45) is 0 Å². The molecule has 5 heteroatoms. The summed E-state index contributed by atoms with van der Waals surface area (Å²) in [5.74, 6) is 1.16. The van der Waals surface area contributed by atoms with Crippen LogP contribution < -0.4 is 5.73 Å². The molecule has 0 saturated heterocycles. The van der Waals surface area contributed by atoms with E-state index in [0.29, 0.717) is 17.8 Å². The lowest BCUT2D eigenvalue weighted by Gasteiger charge is -2.14. The third-order valence-corrected chi connectivity index (χ3v) is 5.26. The molecule has 4 nitrogen and oxygen atoms in total. The van der Waals surface area contributed by atoms with E-state index in [1.54, 1.807) is 6.33 Å². The van der Waals surface area contributed by atoms with E-state index >= 15 is 0 Å². The number of nitrogens with zero attached hydrogens (tertiary/aromatic N) is 3. The normalized spacial score (nSPS) is 21.5. The maximum Gasteiger partial charge on any atom is 0.146 e. The first-order valence-corrected chi connectivity index (χ1v) is 8.35. The maximum absolute atomic E-state index is 5.99. The molecule has 1 saturated carbocycles. The van der Waals surface area contributed by atoms with Crippen molar-refractivity contribution in [2.75, 3.05) is 5.73 Å². The van der Waals surface area contributed by atoms with E-state index in [1.165, 1.54) is 18.4 Å². The highest BCUT2D eigenvalue weighted by atomic mass is 79.9. The van der Waals surface area contributed by atoms with E-state index in [2.05, 4.69) is 67.0 Å². The Bertz CT molecular complexity index is 812. The van der Waals surface area contributed by atoms with Crippen molar-refractivity contribution >= 4 is 32.8 Å². The molecule has 1 aliphatic rings. The minimum atomic E-state index is 0.466. The third-order valence-electron chi connectivity index (χ3n) is 4.66. The fourth-order valence-corrected chi connectivity index (χ4v) is 4.18. The Morgan fingerprint density at radius 2 is 1.95 bits per heavy atom. The second kappa shape index (κ2) is 5.39. The molecule has 3 aromatic rings. The SMILES string of the molecule is Nc1ncnc2c1c(Br)cn2C1CCC(c2ccccc2)C1. The standard InChI is InChI=1S/C17H17BrN4/c18-14-9-22(17-15(14)16(19)20-10-21-17)13-7-6-12(8-13)11-4-2-1-3-5-11/h1-5,9-10,12-13H,6-8H2,(H2,19,20,21). The minimum Gasteiger partial charge on any atom is -0.383 e. The zero-order valence-electron chi connectivity index (χ0n) is 12.1. The second-order valence-corrected chi connectivity index (χ2v) is 6.77. The first-order chi connectivity index (χ1) is 10.7. The summed E-state index contributed by atoms with van der Waals surface area (Å²) in [5, 5.41) is 0.922. The number of hydrogen-bond donors (Lipinski definition) is 1. The highest BCUT2D eigenvalue weighted by molar-refractivity contribution is 9.10.